The number of likely N-dealkylation sites (tertiary alicyclic amines) is 1. The van der Waals surface area contributed by atoms with Gasteiger partial charge in [0, 0.05) is 18.7 Å². The highest BCUT2D eigenvalue weighted by Gasteiger charge is 2.43. The lowest BCUT2D eigenvalue weighted by molar-refractivity contribution is -0.142. The zero-order valence-corrected chi connectivity index (χ0v) is 20.4. The van der Waals surface area contributed by atoms with E-state index in [-0.39, 0.29) is 24.3 Å². The molecule has 0 radical (unpaired) electrons. The van der Waals surface area contributed by atoms with Crippen LogP contribution in [0.4, 0.5) is 0 Å². The van der Waals surface area contributed by atoms with Gasteiger partial charge in [0.2, 0.25) is 17.7 Å². The zero-order chi connectivity index (χ0) is 24.2. The lowest BCUT2D eigenvalue weighted by Crippen LogP contribution is -2.59. The molecule has 1 aliphatic carbocycles. The van der Waals surface area contributed by atoms with Gasteiger partial charge in [-0.2, -0.15) is 0 Å². The highest BCUT2D eigenvalue weighted by atomic mass is 35.5. The molecule has 182 valence electrons. The Morgan fingerprint density at radius 3 is 2.55 bits per heavy atom. The number of pyridine rings is 1. The predicted octanol–water partition coefficient (Wildman–Crippen LogP) is 2.72. The largest absolute Gasteiger partial charge is 0.472 e. The summed E-state index contributed by atoms with van der Waals surface area (Å²) >= 11 is 5.87. The maximum absolute atomic E-state index is 13.6. The highest BCUT2D eigenvalue weighted by molar-refractivity contribution is 6.30. The monoisotopic (exact) mass is 478 g/mol. The Kier molecular flexibility index (Phi) is 8.34. The number of aromatic nitrogens is 1. The van der Waals surface area contributed by atoms with Gasteiger partial charge in [0.15, 0.2) is 0 Å². The number of aldehydes is 1. The van der Waals surface area contributed by atoms with Crippen LogP contribution in [0.25, 0.3) is 0 Å². The second-order valence-corrected chi connectivity index (χ2v) is 10.7. The average Bonchev–Trinajstić information content (AvgIpc) is 3.20. The Morgan fingerprint density at radius 1 is 1.27 bits per heavy atom. The number of carbonyl (C=O) groups excluding carboxylic acids is 3. The quantitative estimate of drug-likeness (QED) is 0.582. The van der Waals surface area contributed by atoms with Gasteiger partial charge in [-0.3, -0.25) is 9.59 Å². The minimum atomic E-state index is -0.811. The van der Waals surface area contributed by atoms with Crippen molar-refractivity contribution in [2.45, 2.75) is 83.5 Å². The van der Waals surface area contributed by atoms with Crippen molar-refractivity contribution < 1.29 is 19.1 Å². The number of nitrogens with zero attached hydrogens (tertiary/aromatic N) is 2. The number of ether oxygens (including phenoxy) is 1. The van der Waals surface area contributed by atoms with E-state index in [1.807, 2.05) is 20.8 Å². The fourth-order valence-corrected chi connectivity index (χ4v) is 4.77. The SMILES string of the molecule is CC(C)(C)[C@H](NC(=O)[C@@H](N)C1CCCCC1)C(=O)N1C[C@H](Oc2ccc(Cl)cn2)C[C@H]1C=O. The van der Waals surface area contributed by atoms with E-state index in [1.54, 1.807) is 12.1 Å². The van der Waals surface area contributed by atoms with Gasteiger partial charge in [0.05, 0.1) is 23.7 Å². The first kappa shape index (κ1) is 25.4. The van der Waals surface area contributed by atoms with E-state index in [2.05, 4.69) is 10.3 Å². The van der Waals surface area contributed by atoms with E-state index in [1.165, 1.54) is 17.5 Å². The molecule has 0 bridgehead atoms. The van der Waals surface area contributed by atoms with Crippen LogP contribution in [-0.2, 0) is 14.4 Å². The summed E-state index contributed by atoms with van der Waals surface area (Å²) in [6.45, 7) is 5.89. The summed E-state index contributed by atoms with van der Waals surface area (Å²) in [6, 6.07) is 1.22. The molecule has 4 atom stereocenters. The number of hydrogen-bond acceptors (Lipinski definition) is 6. The standard InChI is InChI=1S/C24H35ClN4O4/c1-24(2,3)21(28-22(31)20(26)15-7-5-4-6-8-15)23(32)29-13-18(11-17(29)14-30)33-19-10-9-16(25)12-27-19/h9-10,12,14-15,17-18,20-21H,4-8,11,13,26H2,1-3H3,(H,28,31)/t17-,18+,20-,21+/m0/s1. The lowest BCUT2D eigenvalue weighted by atomic mass is 9.82. The summed E-state index contributed by atoms with van der Waals surface area (Å²) in [5.41, 5.74) is 5.71. The molecule has 0 unspecified atom stereocenters. The summed E-state index contributed by atoms with van der Waals surface area (Å²) < 4.78 is 5.88. The smallest absolute Gasteiger partial charge is 0.246 e. The molecule has 2 aliphatic rings. The minimum absolute atomic E-state index is 0.133. The molecular formula is C24H35ClN4O4. The summed E-state index contributed by atoms with van der Waals surface area (Å²) in [5, 5.41) is 3.40. The second-order valence-electron chi connectivity index (χ2n) is 10.2. The van der Waals surface area contributed by atoms with E-state index < -0.39 is 29.6 Å². The van der Waals surface area contributed by atoms with Crippen molar-refractivity contribution in [2.75, 3.05) is 6.54 Å². The molecule has 2 heterocycles. The molecule has 1 saturated carbocycles. The molecule has 8 nitrogen and oxygen atoms in total. The first-order valence-electron chi connectivity index (χ1n) is 11.7. The van der Waals surface area contributed by atoms with Crippen molar-refractivity contribution >= 4 is 29.7 Å². The van der Waals surface area contributed by atoms with Crippen LogP contribution >= 0.6 is 11.6 Å². The Balaban J connectivity index is 1.70. The molecule has 1 aliphatic heterocycles. The first-order chi connectivity index (χ1) is 15.6. The Hall–Kier alpha value is -2.19. The number of hydrogen-bond donors (Lipinski definition) is 2. The van der Waals surface area contributed by atoms with Crippen LogP contribution in [0.3, 0.4) is 0 Å². The number of nitrogens with one attached hydrogen (secondary N) is 1. The number of carbonyl (C=O) groups is 3. The molecule has 33 heavy (non-hydrogen) atoms. The van der Waals surface area contributed by atoms with Crippen molar-refractivity contribution in [3.05, 3.63) is 23.4 Å². The van der Waals surface area contributed by atoms with Crippen LogP contribution in [-0.4, -0.2) is 58.8 Å². The van der Waals surface area contributed by atoms with Crippen molar-refractivity contribution in [1.29, 1.82) is 0 Å². The van der Waals surface area contributed by atoms with Crippen LogP contribution in [0.1, 0.15) is 59.3 Å². The van der Waals surface area contributed by atoms with E-state index in [4.69, 9.17) is 22.1 Å². The minimum Gasteiger partial charge on any atom is -0.472 e. The summed E-state index contributed by atoms with van der Waals surface area (Å²) in [7, 11) is 0. The maximum atomic E-state index is 13.6. The number of halogens is 1. The van der Waals surface area contributed by atoms with Gasteiger partial charge in [-0.25, -0.2) is 4.98 Å². The van der Waals surface area contributed by atoms with Gasteiger partial charge in [0.1, 0.15) is 18.4 Å². The molecule has 3 rings (SSSR count). The van der Waals surface area contributed by atoms with Crippen LogP contribution in [0.15, 0.2) is 18.3 Å². The summed E-state index contributed by atoms with van der Waals surface area (Å²) in [6.07, 6.45) is 7.38. The van der Waals surface area contributed by atoms with Gasteiger partial charge < -0.3 is 25.5 Å². The number of nitrogens with two attached hydrogens (primary N) is 1. The van der Waals surface area contributed by atoms with Crippen molar-refractivity contribution in [3.63, 3.8) is 0 Å². The molecule has 1 saturated heterocycles. The summed E-state index contributed by atoms with van der Waals surface area (Å²) in [4.78, 5) is 43.9. The van der Waals surface area contributed by atoms with Crippen LogP contribution in [0, 0.1) is 11.3 Å². The number of rotatable bonds is 7. The van der Waals surface area contributed by atoms with Gasteiger partial charge in [-0.1, -0.05) is 51.6 Å². The topological polar surface area (TPSA) is 115 Å². The molecule has 0 aromatic carbocycles. The van der Waals surface area contributed by atoms with Crippen molar-refractivity contribution in [1.82, 2.24) is 15.2 Å². The van der Waals surface area contributed by atoms with Crippen LogP contribution in [0.5, 0.6) is 5.88 Å². The Bertz CT molecular complexity index is 836. The molecule has 0 spiro atoms. The molecule has 2 fully saturated rings. The van der Waals surface area contributed by atoms with Gasteiger partial charge >= 0.3 is 0 Å². The van der Waals surface area contributed by atoms with Crippen molar-refractivity contribution in [2.24, 2.45) is 17.1 Å². The zero-order valence-electron chi connectivity index (χ0n) is 19.6. The van der Waals surface area contributed by atoms with E-state index in [9.17, 15) is 14.4 Å². The normalized spacial score (nSPS) is 23.6. The average molecular weight is 479 g/mol. The van der Waals surface area contributed by atoms with Crippen LogP contribution in [0.2, 0.25) is 5.02 Å². The molecule has 9 heteroatoms. The predicted molar refractivity (Wildman–Crippen MR) is 126 cm³/mol. The van der Waals surface area contributed by atoms with Gasteiger partial charge in [0.25, 0.3) is 0 Å². The van der Waals surface area contributed by atoms with Crippen LogP contribution < -0.4 is 15.8 Å². The fourth-order valence-electron chi connectivity index (χ4n) is 4.66. The van der Waals surface area contributed by atoms with Gasteiger partial charge in [-0.15, -0.1) is 0 Å². The third kappa shape index (κ3) is 6.44. The molecule has 2 amide bonds. The Labute approximate surface area is 200 Å². The lowest BCUT2D eigenvalue weighted by Gasteiger charge is -2.36. The third-order valence-electron chi connectivity index (χ3n) is 6.59. The highest BCUT2D eigenvalue weighted by Crippen LogP contribution is 2.29. The second kappa shape index (κ2) is 10.8. The number of amides is 2. The van der Waals surface area contributed by atoms with Gasteiger partial charge in [-0.05, 0) is 30.2 Å². The van der Waals surface area contributed by atoms with E-state index >= 15 is 0 Å². The van der Waals surface area contributed by atoms with E-state index in [0.29, 0.717) is 17.3 Å². The molecule has 3 N–H and O–H groups in total. The van der Waals surface area contributed by atoms with E-state index in [0.717, 1.165) is 32.0 Å². The Morgan fingerprint density at radius 2 is 1.97 bits per heavy atom. The molecular weight excluding hydrogens is 444 g/mol. The molecule has 1 aromatic rings. The summed E-state index contributed by atoms with van der Waals surface area (Å²) in [5.74, 6) is -0.106. The van der Waals surface area contributed by atoms with Crippen molar-refractivity contribution in [3.8, 4) is 5.88 Å². The first-order valence-corrected chi connectivity index (χ1v) is 12.1. The molecule has 1 aromatic heterocycles. The maximum Gasteiger partial charge on any atom is 0.246 e. The fraction of sp³-hybridized carbons (Fsp3) is 0.667. The third-order valence-corrected chi connectivity index (χ3v) is 6.82.